The number of hydrogen-bond acceptors (Lipinski definition) is 12. The Kier molecular flexibility index (Phi) is 27.1. The number of rotatable bonds is 16. The van der Waals surface area contributed by atoms with Crippen LogP contribution < -0.4 is 19.6 Å². The summed E-state index contributed by atoms with van der Waals surface area (Å²) in [6.45, 7) is 0. The molecule has 16 nitrogen and oxygen atoms in total. The quantitative estimate of drug-likeness (QED) is 0.0852. The van der Waals surface area contributed by atoms with E-state index in [-0.39, 0.29) is 90.4 Å². The van der Waals surface area contributed by atoms with Crippen LogP contribution in [0.1, 0.15) is 5.48 Å². The Morgan fingerprint density at radius 1 is 0.206 bits per heavy atom. The van der Waals surface area contributed by atoms with Crippen molar-refractivity contribution in [1.82, 2.24) is 58.1 Å². The zero-order valence-corrected chi connectivity index (χ0v) is 82.5. The fraction of sp³-hybridized carbons (Fsp3) is 0.0345. The summed E-state index contributed by atoms with van der Waals surface area (Å²) >= 11 is 0. The van der Waals surface area contributed by atoms with Crippen molar-refractivity contribution in [3.8, 4) is 67.8 Å². The van der Waals surface area contributed by atoms with E-state index in [2.05, 4.69) is 246 Å². The van der Waals surface area contributed by atoms with Crippen molar-refractivity contribution in [2.75, 3.05) is 47.8 Å². The molecule has 12 heterocycles. The van der Waals surface area contributed by atoms with E-state index < -0.39 is 0 Å². The van der Waals surface area contributed by atoms with Gasteiger partial charge in [-0.15, -0.1) is 48.5 Å². The molecule has 0 saturated heterocycles. The van der Waals surface area contributed by atoms with E-state index in [1.54, 1.807) is 55.0 Å². The fourth-order valence-corrected chi connectivity index (χ4v) is 16.8. The summed E-state index contributed by atoms with van der Waals surface area (Å²) in [6, 6.07) is 144. The molecular formula is C116H80N16Pt4. The molecule has 136 heavy (non-hydrogen) atoms. The molecule has 0 radical (unpaired) electrons. The zero-order chi connectivity index (χ0) is 92.3. The topological polar surface area (TPSA) is 136 Å². The van der Waals surface area contributed by atoms with Gasteiger partial charge >= 0.3 is 84.3 Å². The van der Waals surface area contributed by atoms with Crippen molar-refractivity contribution < 1.29 is 89.7 Å². The van der Waals surface area contributed by atoms with Gasteiger partial charge in [-0.1, -0.05) is 166 Å². The summed E-state index contributed by atoms with van der Waals surface area (Å²) in [5, 5.41) is 9.22. The van der Waals surface area contributed by atoms with E-state index in [4.69, 9.17) is 5.48 Å². The van der Waals surface area contributed by atoms with E-state index in [0.717, 1.165) is 162 Å². The molecule has 0 atom stereocenters. The molecule has 0 bridgehead atoms. The molecule has 24 aromatic rings. The van der Waals surface area contributed by atoms with Gasteiger partial charge in [0.15, 0.2) is 0 Å². The molecule has 0 aliphatic carbocycles. The molecule has 0 N–H and O–H groups in total. The maximum Gasteiger partial charge on any atom is 2.00 e. The Bertz CT molecular complexity index is 8300. The number of pyridine rings is 8. The van der Waals surface area contributed by atoms with Gasteiger partial charge < -0.3 is 37.9 Å². The summed E-state index contributed by atoms with van der Waals surface area (Å²) in [4.78, 5) is 43.6. The van der Waals surface area contributed by atoms with Crippen molar-refractivity contribution in [3.63, 3.8) is 0 Å². The van der Waals surface area contributed by atoms with E-state index in [0.29, 0.717) is 35.6 Å². The summed E-state index contributed by atoms with van der Waals surface area (Å²) in [5.74, 6) is 6.21. The van der Waals surface area contributed by atoms with E-state index in [1.165, 1.54) is 21.5 Å². The maximum absolute atomic E-state index is 8.18. The molecule has 20 heteroatoms. The van der Waals surface area contributed by atoms with Gasteiger partial charge in [0.2, 0.25) is 0 Å². The first-order chi connectivity index (χ1) is 66.8. The first-order valence-electron chi connectivity index (χ1n) is 45.0. The van der Waals surface area contributed by atoms with Crippen LogP contribution in [0.2, 0.25) is 0 Å². The van der Waals surface area contributed by atoms with Gasteiger partial charge in [-0.3, -0.25) is 0 Å². The van der Waals surface area contributed by atoms with Gasteiger partial charge in [0, 0.05) is 99.8 Å². The molecule has 0 aliphatic rings. The largest absolute Gasteiger partial charge is 2.00 e. The van der Waals surface area contributed by atoms with Gasteiger partial charge in [0.25, 0.3) is 0 Å². The molecule has 24 rings (SSSR count). The van der Waals surface area contributed by atoms with E-state index in [1.807, 2.05) is 242 Å². The average molecular weight is 2480 g/mol. The second-order valence-corrected chi connectivity index (χ2v) is 31.2. The molecule has 0 aliphatic heterocycles. The van der Waals surface area contributed by atoms with Crippen LogP contribution in [0.4, 0.5) is 46.0 Å². The summed E-state index contributed by atoms with van der Waals surface area (Å²) in [7, 11) is 7.72. The number of nitrogens with zero attached hydrogens (tertiary/aromatic N) is 16. The Morgan fingerprint density at radius 3 is 0.809 bits per heavy atom. The van der Waals surface area contributed by atoms with Gasteiger partial charge in [-0.25, -0.2) is 84.4 Å². The third kappa shape index (κ3) is 18.8. The third-order valence-electron chi connectivity index (χ3n) is 23.3. The molecule has 12 aromatic heterocycles. The summed E-state index contributed by atoms with van der Waals surface area (Å²) in [6.07, 6.45) is 12.4. The van der Waals surface area contributed by atoms with Gasteiger partial charge in [0.1, 0.15) is 46.5 Å². The van der Waals surface area contributed by atoms with E-state index >= 15 is 0 Å². The SMILES string of the molecule is [2H]c1ccc(N(C)c2[c-]c(-c3[c-]c4c(cc3)c3ccccc3n4-c3ccccn3)ccc2)nc1.[2H]c1cccc(N(C)c2[c-]c(-c3[c-]c4c(cc3)c3ccccc3n4-c3ccccn3)ccc2)n1.[2H]c1cccnc1N(C)c1[c-]c(-c2[c-]c3c(cc2)c2ccccc2n3-c2ccccn2)ccc1.[2H]c1ccnc(N(C)c2[c-]c(-c3[c-]c4c(cc3)c3ccccc3n4-c3ccccn3)ccc2)c1.[Pt+2].[Pt+2].[Pt+2].[Pt+2]. The molecular weight excluding hydrogens is 2400 g/mol. The molecule has 0 unspecified atom stereocenters. The molecule has 664 valence electrons. The Balaban J connectivity index is 0.000000128. The Morgan fingerprint density at radius 2 is 0.485 bits per heavy atom. The van der Waals surface area contributed by atoms with Crippen molar-refractivity contribution in [2.24, 2.45) is 0 Å². The van der Waals surface area contributed by atoms with Gasteiger partial charge in [-0.2, -0.15) is 121 Å². The average Bonchev–Trinajstić information content (AvgIpc) is 1.60. The second-order valence-electron chi connectivity index (χ2n) is 31.2. The monoisotopic (exact) mass is 2480 g/mol. The van der Waals surface area contributed by atoms with Crippen LogP contribution in [-0.4, -0.2) is 86.3 Å². The molecule has 0 amide bonds. The molecule has 0 saturated carbocycles. The van der Waals surface area contributed by atoms with Crippen LogP contribution in [0.5, 0.6) is 0 Å². The minimum Gasteiger partial charge on any atom is -0.348 e. The molecule has 0 spiro atoms. The summed E-state index contributed by atoms with van der Waals surface area (Å²) < 4.78 is 40.2. The van der Waals surface area contributed by atoms with E-state index in [9.17, 15) is 0 Å². The van der Waals surface area contributed by atoms with Crippen molar-refractivity contribution >= 4 is 133 Å². The van der Waals surface area contributed by atoms with Crippen molar-refractivity contribution in [2.45, 2.75) is 0 Å². The fourth-order valence-electron chi connectivity index (χ4n) is 16.8. The normalized spacial score (nSPS) is 11.3. The standard InChI is InChI=1S/4C29H20N4.4Pt/c4*1-32(28-13-4-6-17-30-28)23-10-8-9-21(19-23)22-15-16-25-24-11-2-3-12-26(24)33(27(25)20-22)29-14-5-7-18-31-29;;;;/h4*2-18H,1H3;;;;/q4*-2;4*+2/i17D;13D;6D;4D;;;;. The third-order valence-corrected chi connectivity index (χ3v) is 23.3. The predicted octanol–water partition coefficient (Wildman–Crippen LogP) is 26.4. The number of aromatic nitrogens is 12. The molecule has 12 aromatic carbocycles. The smallest absolute Gasteiger partial charge is 0.348 e. The zero-order valence-electron chi connectivity index (χ0n) is 77.4. The van der Waals surface area contributed by atoms with Crippen LogP contribution in [0.15, 0.2) is 413 Å². The van der Waals surface area contributed by atoms with Gasteiger partial charge in [-0.05, 0) is 165 Å². The Hall–Kier alpha value is -15.0. The van der Waals surface area contributed by atoms with Gasteiger partial charge in [0.05, 0.1) is 5.48 Å². The first kappa shape index (κ1) is 87.6. The Labute approximate surface area is 851 Å². The number of benzene rings is 12. The van der Waals surface area contributed by atoms with Crippen LogP contribution in [0.25, 0.3) is 155 Å². The number of hydrogen-bond donors (Lipinski definition) is 0. The van der Waals surface area contributed by atoms with Crippen LogP contribution in [-0.2, 0) is 84.3 Å². The number of fused-ring (bicyclic) bond motifs is 12. The minimum absolute atomic E-state index is 0. The first-order valence-corrected chi connectivity index (χ1v) is 43.0. The predicted molar refractivity (Wildman–Crippen MR) is 536 cm³/mol. The minimum atomic E-state index is 0. The summed E-state index contributed by atoms with van der Waals surface area (Å²) in [5.41, 5.74) is 19.3. The maximum atomic E-state index is 8.18. The second kappa shape index (κ2) is 42.1. The number of para-hydroxylation sites is 4. The van der Waals surface area contributed by atoms with Crippen LogP contribution in [0.3, 0.4) is 0 Å². The van der Waals surface area contributed by atoms with Crippen LogP contribution in [0, 0.1) is 48.5 Å². The number of anilines is 8. The van der Waals surface area contributed by atoms with Crippen molar-refractivity contribution in [1.29, 1.82) is 0 Å². The van der Waals surface area contributed by atoms with Crippen LogP contribution >= 0.6 is 0 Å². The van der Waals surface area contributed by atoms with Crippen molar-refractivity contribution in [3.05, 3.63) is 462 Å². The molecule has 0 fully saturated rings.